The molecule has 0 aliphatic carbocycles. The lowest BCUT2D eigenvalue weighted by atomic mass is 10.1. The summed E-state index contributed by atoms with van der Waals surface area (Å²) in [5.74, 6) is -0.925. The third-order valence-corrected chi connectivity index (χ3v) is 3.84. The summed E-state index contributed by atoms with van der Waals surface area (Å²) in [4.78, 5) is 34.8. The standard InChI is InChI=1S/C14H15ClN4O5/c1-7(20)23-9-3-11(22-4-10(9)24-8(2)21)19-6-18-12-13(15)16-5-17-14(12)19/h5-6,9-11H,3-4H2,1-2H3. The normalized spacial score (nSPS) is 23.9. The maximum Gasteiger partial charge on any atom is 0.303 e. The second-order valence-electron chi connectivity index (χ2n) is 5.31. The molecule has 0 bridgehead atoms. The fourth-order valence-corrected chi connectivity index (χ4v) is 2.80. The van der Waals surface area contributed by atoms with Gasteiger partial charge in [-0.1, -0.05) is 11.6 Å². The number of nitrogens with zero attached hydrogens (tertiary/aromatic N) is 4. The Bertz CT molecular complexity index is 780. The first-order valence-electron chi connectivity index (χ1n) is 7.24. The summed E-state index contributed by atoms with van der Waals surface area (Å²) in [7, 11) is 0. The molecule has 0 saturated carbocycles. The molecule has 0 amide bonds. The molecular formula is C14H15ClN4O5. The predicted octanol–water partition coefficient (Wildman–Crippen LogP) is 1.26. The number of halogens is 1. The zero-order chi connectivity index (χ0) is 17.3. The van der Waals surface area contributed by atoms with Gasteiger partial charge in [0, 0.05) is 20.3 Å². The van der Waals surface area contributed by atoms with E-state index in [0.29, 0.717) is 11.2 Å². The van der Waals surface area contributed by atoms with Gasteiger partial charge in [-0.05, 0) is 0 Å². The molecular weight excluding hydrogens is 340 g/mol. The van der Waals surface area contributed by atoms with Crippen LogP contribution >= 0.6 is 11.6 Å². The van der Waals surface area contributed by atoms with Crippen molar-refractivity contribution >= 4 is 34.7 Å². The molecule has 24 heavy (non-hydrogen) atoms. The Labute approximate surface area is 141 Å². The van der Waals surface area contributed by atoms with E-state index < -0.39 is 30.4 Å². The third kappa shape index (κ3) is 3.31. The first-order chi connectivity index (χ1) is 11.5. The molecule has 1 saturated heterocycles. The van der Waals surface area contributed by atoms with Gasteiger partial charge in [-0.3, -0.25) is 14.2 Å². The number of carbonyl (C=O) groups is 2. The maximum atomic E-state index is 11.3. The molecule has 0 radical (unpaired) electrons. The topological polar surface area (TPSA) is 105 Å². The van der Waals surface area contributed by atoms with Gasteiger partial charge in [-0.25, -0.2) is 15.0 Å². The maximum absolute atomic E-state index is 11.3. The highest BCUT2D eigenvalue weighted by molar-refractivity contribution is 6.33. The minimum absolute atomic E-state index is 0.0840. The number of hydrogen-bond acceptors (Lipinski definition) is 8. The minimum atomic E-state index is -0.657. The van der Waals surface area contributed by atoms with E-state index in [9.17, 15) is 9.59 Å². The highest BCUT2D eigenvalue weighted by Crippen LogP contribution is 2.30. The quantitative estimate of drug-likeness (QED) is 0.599. The number of ether oxygens (including phenoxy) is 3. The first kappa shape index (κ1) is 16.6. The van der Waals surface area contributed by atoms with Gasteiger partial charge in [-0.15, -0.1) is 0 Å². The van der Waals surface area contributed by atoms with Crippen molar-refractivity contribution in [1.82, 2.24) is 19.5 Å². The molecule has 0 N–H and O–H groups in total. The van der Waals surface area contributed by atoms with Crippen LogP contribution in [-0.2, 0) is 23.8 Å². The summed E-state index contributed by atoms with van der Waals surface area (Å²) < 4.78 is 17.9. The lowest BCUT2D eigenvalue weighted by Crippen LogP contribution is -2.44. The van der Waals surface area contributed by atoms with Gasteiger partial charge >= 0.3 is 11.9 Å². The van der Waals surface area contributed by atoms with Crippen LogP contribution in [0.25, 0.3) is 11.2 Å². The van der Waals surface area contributed by atoms with Gasteiger partial charge in [0.1, 0.15) is 24.2 Å². The average Bonchev–Trinajstić information content (AvgIpc) is 2.93. The van der Waals surface area contributed by atoms with Crippen LogP contribution in [0.3, 0.4) is 0 Å². The SMILES string of the molecule is CC(=O)OC1COC(n2cnc3c(Cl)ncnc32)CC1OC(C)=O. The third-order valence-electron chi connectivity index (χ3n) is 3.56. The molecule has 1 fully saturated rings. The van der Waals surface area contributed by atoms with Crippen LogP contribution in [0.1, 0.15) is 26.5 Å². The summed E-state index contributed by atoms with van der Waals surface area (Å²) in [6.45, 7) is 2.68. The molecule has 9 nitrogen and oxygen atoms in total. The van der Waals surface area contributed by atoms with Crippen molar-refractivity contribution in [2.75, 3.05) is 6.61 Å². The number of hydrogen-bond donors (Lipinski definition) is 0. The lowest BCUT2D eigenvalue weighted by Gasteiger charge is -2.35. The Balaban J connectivity index is 1.85. The molecule has 3 rings (SSSR count). The molecule has 0 aromatic carbocycles. The van der Waals surface area contributed by atoms with E-state index >= 15 is 0 Å². The van der Waals surface area contributed by atoms with Crippen molar-refractivity contribution in [1.29, 1.82) is 0 Å². The van der Waals surface area contributed by atoms with Crippen molar-refractivity contribution in [3.05, 3.63) is 17.8 Å². The molecule has 2 aromatic rings. The Morgan fingerprint density at radius 1 is 1.21 bits per heavy atom. The Hall–Kier alpha value is -2.26. The molecule has 3 heterocycles. The highest BCUT2D eigenvalue weighted by atomic mass is 35.5. The predicted molar refractivity (Wildman–Crippen MR) is 81.0 cm³/mol. The van der Waals surface area contributed by atoms with E-state index in [2.05, 4.69) is 15.0 Å². The lowest BCUT2D eigenvalue weighted by molar-refractivity contribution is -0.194. The Morgan fingerprint density at radius 2 is 1.92 bits per heavy atom. The van der Waals surface area contributed by atoms with Crippen molar-refractivity contribution in [3.63, 3.8) is 0 Å². The molecule has 3 unspecified atom stereocenters. The molecule has 1 aliphatic heterocycles. The van der Waals surface area contributed by atoms with Gasteiger partial charge in [0.15, 0.2) is 16.9 Å². The van der Waals surface area contributed by atoms with Crippen LogP contribution in [0.15, 0.2) is 12.7 Å². The zero-order valence-corrected chi connectivity index (χ0v) is 13.8. The number of aromatic nitrogens is 4. The number of rotatable bonds is 3. The second kappa shape index (κ2) is 6.70. The molecule has 128 valence electrons. The van der Waals surface area contributed by atoms with E-state index in [1.807, 2.05) is 0 Å². The summed E-state index contributed by atoms with van der Waals surface area (Å²) in [6.07, 6.45) is 1.38. The van der Waals surface area contributed by atoms with Gasteiger partial charge < -0.3 is 14.2 Å². The van der Waals surface area contributed by atoms with Crippen LogP contribution in [0, 0.1) is 0 Å². The summed E-state index contributed by atoms with van der Waals surface area (Å²) in [5, 5.41) is 0.240. The van der Waals surface area contributed by atoms with Crippen molar-refractivity contribution in [2.45, 2.75) is 38.7 Å². The first-order valence-corrected chi connectivity index (χ1v) is 7.62. The van der Waals surface area contributed by atoms with Crippen LogP contribution in [0.2, 0.25) is 5.15 Å². The zero-order valence-electron chi connectivity index (χ0n) is 13.0. The monoisotopic (exact) mass is 354 g/mol. The van der Waals surface area contributed by atoms with Crippen molar-refractivity contribution in [3.8, 4) is 0 Å². The van der Waals surface area contributed by atoms with E-state index in [-0.39, 0.29) is 18.2 Å². The van der Waals surface area contributed by atoms with Crippen molar-refractivity contribution < 1.29 is 23.8 Å². The van der Waals surface area contributed by atoms with Crippen LogP contribution in [0.5, 0.6) is 0 Å². The molecule has 0 spiro atoms. The fourth-order valence-electron chi connectivity index (χ4n) is 2.62. The Kier molecular flexibility index (Phi) is 4.63. The van der Waals surface area contributed by atoms with Gasteiger partial charge in [0.2, 0.25) is 0 Å². The number of imidazole rings is 1. The van der Waals surface area contributed by atoms with E-state index in [0.717, 1.165) is 0 Å². The van der Waals surface area contributed by atoms with Crippen molar-refractivity contribution in [2.24, 2.45) is 0 Å². The van der Waals surface area contributed by atoms with E-state index in [1.165, 1.54) is 26.5 Å². The largest absolute Gasteiger partial charge is 0.458 e. The van der Waals surface area contributed by atoms with Crippen LogP contribution in [0.4, 0.5) is 0 Å². The van der Waals surface area contributed by atoms with Crippen LogP contribution < -0.4 is 0 Å². The molecule has 10 heteroatoms. The van der Waals surface area contributed by atoms with Gasteiger partial charge in [-0.2, -0.15) is 0 Å². The smallest absolute Gasteiger partial charge is 0.303 e. The number of fused-ring (bicyclic) bond motifs is 1. The molecule has 3 atom stereocenters. The number of esters is 2. The summed E-state index contributed by atoms with van der Waals surface area (Å²) in [5.41, 5.74) is 0.960. The number of carbonyl (C=O) groups excluding carboxylic acids is 2. The van der Waals surface area contributed by atoms with E-state index in [4.69, 9.17) is 25.8 Å². The highest BCUT2D eigenvalue weighted by Gasteiger charge is 2.37. The summed E-state index contributed by atoms with van der Waals surface area (Å²) in [6, 6.07) is 0. The van der Waals surface area contributed by atoms with Crippen LogP contribution in [-0.4, -0.2) is 50.3 Å². The second-order valence-corrected chi connectivity index (χ2v) is 5.67. The molecule has 1 aliphatic rings. The van der Waals surface area contributed by atoms with Gasteiger partial charge in [0.25, 0.3) is 0 Å². The van der Waals surface area contributed by atoms with E-state index in [1.54, 1.807) is 4.57 Å². The fraction of sp³-hybridized carbons (Fsp3) is 0.500. The minimum Gasteiger partial charge on any atom is -0.458 e. The summed E-state index contributed by atoms with van der Waals surface area (Å²) >= 11 is 5.99. The average molecular weight is 355 g/mol. The Morgan fingerprint density at radius 3 is 2.62 bits per heavy atom. The molecule has 2 aromatic heterocycles. The van der Waals surface area contributed by atoms with Gasteiger partial charge in [0.05, 0.1) is 12.9 Å².